The number of hydrogen-bond donors (Lipinski definition) is 0. The molecule has 0 N–H and O–H groups in total. The van der Waals surface area contributed by atoms with Crippen molar-refractivity contribution in [2.75, 3.05) is 14.2 Å². The molecule has 0 bridgehead atoms. The van der Waals surface area contributed by atoms with Gasteiger partial charge in [-0.25, -0.2) is 4.98 Å². The third-order valence-corrected chi connectivity index (χ3v) is 3.79. The van der Waals surface area contributed by atoms with Crippen LogP contribution >= 0.6 is 0 Å². The van der Waals surface area contributed by atoms with Gasteiger partial charge in [-0.15, -0.1) is 10.2 Å². The monoisotopic (exact) mass is 310 g/mol. The molecule has 0 spiro atoms. The molecule has 8 heteroatoms. The van der Waals surface area contributed by atoms with Crippen molar-refractivity contribution in [1.82, 2.24) is 29.4 Å². The lowest BCUT2D eigenvalue weighted by Gasteiger charge is -2.09. The number of hydrogen-bond acceptors (Lipinski definition) is 6. The zero-order valence-corrected chi connectivity index (χ0v) is 12.9. The summed E-state index contributed by atoms with van der Waals surface area (Å²) < 4.78 is 14.2. The molecule has 4 rings (SSSR count). The van der Waals surface area contributed by atoms with Crippen LogP contribution in [-0.2, 0) is 7.05 Å². The summed E-state index contributed by atoms with van der Waals surface area (Å²) in [6.45, 7) is 0. The van der Waals surface area contributed by atoms with E-state index in [4.69, 9.17) is 9.47 Å². The van der Waals surface area contributed by atoms with Crippen LogP contribution in [0.2, 0.25) is 0 Å². The number of aromatic nitrogens is 6. The van der Waals surface area contributed by atoms with Gasteiger partial charge in [0.2, 0.25) is 0 Å². The Morgan fingerprint density at radius 1 is 1.04 bits per heavy atom. The number of fused-ring (bicyclic) bond motifs is 3. The average Bonchev–Trinajstić information content (AvgIpc) is 3.18. The summed E-state index contributed by atoms with van der Waals surface area (Å²) in [6.07, 6.45) is 3.43. The quantitative estimate of drug-likeness (QED) is 0.573. The van der Waals surface area contributed by atoms with Gasteiger partial charge in [-0.2, -0.15) is 5.10 Å². The van der Waals surface area contributed by atoms with Crippen LogP contribution in [0.5, 0.6) is 11.5 Å². The minimum atomic E-state index is 0.651. The summed E-state index contributed by atoms with van der Waals surface area (Å²) >= 11 is 0. The number of aryl methyl sites for hydroxylation is 1. The lowest BCUT2D eigenvalue weighted by atomic mass is 10.2. The fourth-order valence-electron chi connectivity index (χ4n) is 2.61. The maximum Gasteiger partial charge on any atom is 0.175 e. The molecule has 4 aromatic rings. The van der Waals surface area contributed by atoms with E-state index in [1.807, 2.05) is 29.6 Å². The lowest BCUT2D eigenvalue weighted by molar-refractivity contribution is 0.395. The topological polar surface area (TPSA) is 79.4 Å². The summed E-state index contributed by atoms with van der Waals surface area (Å²) in [5, 5.41) is 13.7. The SMILES string of the molecule is COc1ccc(-c2nnc3c4cnn(C)c4ncn23)c(OC)c1. The minimum Gasteiger partial charge on any atom is -0.497 e. The van der Waals surface area contributed by atoms with Gasteiger partial charge in [0.05, 0.1) is 31.4 Å². The molecule has 0 atom stereocenters. The van der Waals surface area contributed by atoms with Crippen molar-refractivity contribution >= 4 is 16.7 Å². The van der Waals surface area contributed by atoms with E-state index in [2.05, 4.69) is 20.3 Å². The Bertz CT molecular complexity index is 1020. The first-order chi connectivity index (χ1) is 11.2. The van der Waals surface area contributed by atoms with E-state index in [1.54, 1.807) is 31.4 Å². The lowest BCUT2D eigenvalue weighted by Crippen LogP contribution is -1.97. The number of ether oxygens (including phenoxy) is 2. The van der Waals surface area contributed by atoms with Crippen molar-refractivity contribution in [2.24, 2.45) is 7.05 Å². The van der Waals surface area contributed by atoms with E-state index >= 15 is 0 Å². The molecular formula is C15H14N6O2. The molecule has 3 aromatic heterocycles. The van der Waals surface area contributed by atoms with Crippen LogP contribution in [0.25, 0.3) is 28.1 Å². The third kappa shape index (κ3) is 1.91. The Kier molecular flexibility index (Phi) is 2.90. The first-order valence-electron chi connectivity index (χ1n) is 6.96. The molecule has 0 amide bonds. The van der Waals surface area contributed by atoms with Crippen LogP contribution in [0, 0.1) is 0 Å². The molecule has 8 nitrogen and oxygen atoms in total. The van der Waals surface area contributed by atoms with Crippen molar-refractivity contribution < 1.29 is 9.47 Å². The van der Waals surface area contributed by atoms with E-state index in [0.717, 1.165) is 16.6 Å². The van der Waals surface area contributed by atoms with Crippen molar-refractivity contribution in [3.63, 3.8) is 0 Å². The molecule has 0 unspecified atom stereocenters. The van der Waals surface area contributed by atoms with Crippen molar-refractivity contribution in [1.29, 1.82) is 0 Å². The van der Waals surface area contributed by atoms with E-state index in [-0.39, 0.29) is 0 Å². The Morgan fingerprint density at radius 2 is 1.91 bits per heavy atom. The molecule has 3 heterocycles. The first-order valence-corrected chi connectivity index (χ1v) is 6.96. The normalized spacial score (nSPS) is 11.3. The number of methoxy groups -OCH3 is 2. The molecule has 1 aromatic carbocycles. The van der Waals surface area contributed by atoms with Gasteiger partial charge < -0.3 is 9.47 Å². The van der Waals surface area contributed by atoms with Gasteiger partial charge in [0.15, 0.2) is 17.1 Å². The zero-order chi connectivity index (χ0) is 16.0. The average molecular weight is 310 g/mol. The Balaban J connectivity index is 1.98. The van der Waals surface area contributed by atoms with E-state index < -0.39 is 0 Å². The second-order valence-electron chi connectivity index (χ2n) is 5.03. The second kappa shape index (κ2) is 4.94. The van der Waals surface area contributed by atoms with Crippen LogP contribution in [0.4, 0.5) is 0 Å². The molecule has 0 aliphatic carbocycles. The van der Waals surface area contributed by atoms with Gasteiger partial charge >= 0.3 is 0 Å². The fourth-order valence-corrected chi connectivity index (χ4v) is 2.61. The van der Waals surface area contributed by atoms with E-state index in [1.165, 1.54) is 0 Å². The Labute approximate surface area is 131 Å². The second-order valence-corrected chi connectivity index (χ2v) is 5.03. The maximum absolute atomic E-state index is 5.45. The van der Waals surface area contributed by atoms with Gasteiger partial charge in [0.25, 0.3) is 0 Å². The Morgan fingerprint density at radius 3 is 2.70 bits per heavy atom. The van der Waals surface area contributed by atoms with Gasteiger partial charge in [-0.1, -0.05) is 0 Å². The number of rotatable bonds is 3. The largest absolute Gasteiger partial charge is 0.497 e. The predicted octanol–water partition coefficient (Wildman–Crippen LogP) is 1.70. The summed E-state index contributed by atoms with van der Waals surface area (Å²) in [4.78, 5) is 4.43. The van der Waals surface area contributed by atoms with Crippen LogP contribution in [-0.4, -0.2) is 43.6 Å². The number of nitrogens with zero attached hydrogens (tertiary/aromatic N) is 6. The van der Waals surface area contributed by atoms with Crippen LogP contribution in [0.15, 0.2) is 30.7 Å². The molecule has 0 fully saturated rings. The first kappa shape index (κ1) is 13.5. The molecular weight excluding hydrogens is 296 g/mol. The summed E-state index contributed by atoms with van der Waals surface area (Å²) in [6, 6.07) is 5.56. The third-order valence-electron chi connectivity index (χ3n) is 3.79. The van der Waals surface area contributed by atoms with Gasteiger partial charge in [0, 0.05) is 13.1 Å². The molecule has 0 radical (unpaired) electrons. The predicted molar refractivity (Wildman–Crippen MR) is 83.6 cm³/mol. The summed E-state index contributed by atoms with van der Waals surface area (Å²) in [5.74, 6) is 2.02. The van der Waals surface area contributed by atoms with E-state index in [9.17, 15) is 0 Å². The van der Waals surface area contributed by atoms with Gasteiger partial charge in [-0.05, 0) is 12.1 Å². The standard InChI is InChI=1S/C15H14N6O2/c1-20-13-11(7-17-20)15-19-18-14(21(15)8-16-13)10-5-4-9(22-2)6-12(10)23-3/h4-8H,1-3H3. The van der Waals surface area contributed by atoms with Crippen molar-refractivity contribution in [3.05, 3.63) is 30.7 Å². The van der Waals surface area contributed by atoms with Crippen molar-refractivity contribution in [2.45, 2.75) is 0 Å². The maximum atomic E-state index is 5.45. The highest BCUT2D eigenvalue weighted by molar-refractivity contribution is 5.89. The molecule has 116 valence electrons. The van der Waals surface area contributed by atoms with Gasteiger partial charge in [-0.3, -0.25) is 9.08 Å². The Hall–Kier alpha value is -3.16. The molecule has 0 saturated carbocycles. The molecule has 23 heavy (non-hydrogen) atoms. The highest BCUT2D eigenvalue weighted by Gasteiger charge is 2.17. The fraction of sp³-hybridized carbons (Fsp3) is 0.200. The van der Waals surface area contributed by atoms with Gasteiger partial charge in [0.1, 0.15) is 17.8 Å². The smallest absolute Gasteiger partial charge is 0.175 e. The summed E-state index contributed by atoms with van der Waals surface area (Å²) in [5.41, 5.74) is 2.28. The summed E-state index contributed by atoms with van der Waals surface area (Å²) in [7, 11) is 5.07. The van der Waals surface area contributed by atoms with Crippen LogP contribution in [0.1, 0.15) is 0 Å². The molecule has 0 aliphatic rings. The highest BCUT2D eigenvalue weighted by Crippen LogP contribution is 2.33. The zero-order valence-electron chi connectivity index (χ0n) is 12.9. The van der Waals surface area contributed by atoms with Crippen molar-refractivity contribution in [3.8, 4) is 22.9 Å². The molecule has 0 saturated heterocycles. The van der Waals surface area contributed by atoms with Crippen LogP contribution in [0.3, 0.4) is 0 Å². The number of benzene rings is 1. The van der Waals surface area contributed by atoms with E-state index in [0.29, 0.717) is 23.0 Å². The molecule has 0 aliphatic heterocycles. The highest BCUT2D eigenvalue weighted by atomic mass is 16.5. The minimum absolute atomic E-state index is 0.651. The van der Waals surface area contributed by atoms with Crippen LogP contribution < -0.4 is 9.47 Å².